The van der Waals surface area contributed by atoms with Crippen LogP contribution in [0.2, 0.25) is 0 Å². The summed E-state index contributed by atoms with van der Waals surface area (Å²) in [5.74, 6) is -1.16. The quantitative estimate of drug-likeness (QED) is 0.561. The fourth-order valence-electron chi connectivity index (χ4n) is 2.42. The Bertz CT molecular complexity index is 991. The van der Waals surface area contributed by atoms with Crippen molar-refractivity contribution in [1.29, 1.82) is 0 Å². The second-order valence-electron chi connectivity index (χ2n) is 5.44. The highest BCUT2D eigenvalue weighted by Crippen LogP contribution is 2.26. The minimum atomic E-state index is -1.36. The van der Waals surface area contributed by atoms with Crippen LogP contribution in [0.3, 0.4) is 0 Å². The highest BCUT2D eigenvalue weighted by atomic mass is 32.2. The number of carboxylic acids is 1. The number of amides is 1. The van der Waals surface area contributed by atoms with Gasteiger partial charge in [0.25, 0.3) is 0 Å². The van der Waals surface area contributed by atoms with Crippen molar-refractivity contribution >= 4 is 29.3 Å². The van der Waals surface area contributed by atoms with Gasteiger partial charge in [0, 0.05) is 11.3 Å². The second kappa shape index (κ2) is 9.00. The number of nitrogens with one attached hydrogen (secondary N) is 1. The SMILES string of the molecule is CCOc1ccccc1-n1nnnc1SCC(=O)Nc1ccccc1C(=O)[O-]. The van der Waals surface area contributed by atoms with Gasteiger partial charge >= 0.3 is 0 Å². The van der Waals surface area contributed by atoms with Crippen molar-refractivity contribution in [2.24, 2.45) is 0 Å². The summed E-state index contributed by atoms with van der Waals surface area (Å²) in [7, 11) is 0. The third kappa shape index (κ3) is 4.46. The molecular weight excluding hydrogens is 382 g/mol. The number of hydrogen-bond donors (Lipinski definition) is 1. The first-order chi connectivity index (χ1) is 13.6. The molecule has 0 saturated heterocycles. The van der Waals surface area contributed by atoms with Crippen LogP contribution in [0.25, 0.3) is 5.69 Å². The molecule has 0 atom stereocenters. The van der Waals surface area contributed by atoms with Crippen LogP contribution in [0.1, 0.15) is 17.3 Å². The summed E-state index contributed by atoms with van der Waals surface area (Å²) in [4.78, 5) is 23.4. The molecule has 0 unspecified atom stereocenters. The van der Waals surface area contributed by atoms with Crippen LogP contribution in [0.15, 0.2) is 53.7 Å². The van der Waals surface area contributed by atoms with Crippen molar-refractivity contribution in [2.75, 3.05) is 17.7 Å². The highest BCUT2D eigenvalue weighted by Gasteiger charge is 2.15. The van der Waals surface area contributed by atoms with Crippen LogP contribution in [-0.4, -0.2) is 44.4 Å². The molecule has 1 aromatic heterocycles. The standard InChI is InChI=1S/C18H17N5O4S/c1-2-27-15-10-6-5-9-14(15)23-18(20-21-22-23)28-11-16(24)19-13-8-4-3-7-12(13)17(25)26/h3-10H,2,11H2,1H3,(H,19,24)(H,25,26)/p-1. The molecule has 0 fully saturated rings. The van der Waals surface area contributed by atoms with E-state index in [0.717, 1.165) is 11.8 Å². The fourth-order valence-corrected chi connectivity index (χ4v) is 3.10. The van der Waals surface area contributed by atoms with Gasteiger partial charge in [0.15, 0.2) is 0 Å². The summed E-state index contributed by atoms with van der Waals surface area (Å²) in [6, 6.07) is 13.3. The van der Waals surface area contributed by atoms with E-state index < -0.39 is 11.9 Å². The molecule has 10 heteroatoms. The molecule has 9 nitrogen and oxygen atoms in total. The molecule has 0 aliphatic carbocycles. The summed E-state index contributed by atoms with van der Waals surface area (Å²) in [6.45, 7) is 2.36. The molecule has 0 bridgehead atoms. The molecule has 3 aromatic rings. The molecule has 0 aliphatic rings. The summed E-state index contributed by atoms with van der Waals surface area (Å²) < 4.78 is 7.07. The lowest BCUT2D eigenvalue weighted by Crippen LogP contribution is -2.25. The first-order valence-corrected chi connectivity index (χ1v) is 9.32. The third-order valence-corrected chi connectivity index (χ3v) is 4.51. The average Bonchev–Trinajstić information content (AvgIpc) is 3.16. The van der Waals surface area contributed by atoms with Crippen LogP contribution in [-0.2, 0) is 4.79 Å². The van der Waals surface area contributed by atoms with Crippen LogP contribution in [0.5, 0.6) is 5.75 Å². The van der Waals surface area contributed by atoms with Crippen molar-refractivity contribution in [3.8, 4) is 11.4 Å². The Morgan fingerprint density at radius 1 is 1.18 bits per heavy atom. The summed E-state index contributed by atoms with van der Waals surface area (Å²) in [5.41, 5.74) is 0.741. The maximum atomic E-state index is 12.3. The number of thioether (sulfide) groups is 1. The maximum absolute atomic E-state index is 12.3. The molecular formula is C18H16N5O4S-. The molecule has 3 rings (SSSR count). The minimum absolute atomic E-state index is 0.0153. The summed E-state index contributed by atoms with van der Waals surface area (Å²) in [6.07, 6.45) is 0. The van der Waals surface area contributed by atoms with Crippen molar-refractivity contribution in [2.45, 2.75) is 12.1 Å². The molecule has 0 radical (unpaired) electrons. The predicted octanol–water partition coefficient (Wildman–Crippen LogP) is 1.16. The molecule has 0 spiro atoms. The predicted molar refractivity (Wildman–Crippen MR) is 100 cm³/mol. The smallest absolute Gasteiger partial charge is 0.234 e. The molecule has 1 heterocycles. The van der Waals surface area contributed by atoms with Crippen LogP contribution >= 0.6 is 11.8 Å². The van der Waals surface area contributed by atoms with Crippen LogP contribution in [0.4, 0.5) is 5.69 Å². The van der Waals surface area contributed by atoms with E-state index >= 15 is 0 Å². The van der Waals surface area contributed by atoms with E-state index in [1.54, 1.807) is 18.2 Å². The van der Waals surface area contributed by atoms with Gasteiger partial charge in [0.05, 0.1) is 18.3 Å². The number of tetrazole rings is 1. The average molecular weight is 398 g/mol. The lowest BCUT2D eigenvalue weighted by molar-refractivity contribution is -0.254. The fraction of sp³-hybridized carbons (Fsp3) is 0.167. The highest BCUT2D eigenvalue weighted by molar-refractivity contribution is 7.99. The Balaban J connectivity index is 1.71. The number of nitrogens with zero attached hydrogens (tertiary/aromatic N) is 4. The molecule has 144 valence electrons. The van der Waals surface area contributed by atoms with E-state index in [-0.39, 0.29) is 17.0 Å². The third-order valence-electron chi connectivity index (χ3n) is 3.59. The van der Waals surface area contributed by atoms with Gasteiger partial charge in [-0.25, -0.2) is 0 Å². The van der Waals surface area contributed by atoms with Gasteiger partial charge in [-0.15, -0.1) is 5.10 Å². The zero-order valence-corrected chi connectivity index (χ0v) is 15.7. The first-order valence-electron chi connectivity index (χ1n) is 8.33. The molecule has 28 heavy (non-hydrogen) atoms. The van der Waals surface area contributed by atoms with E-state index in [4.69, 9.17) is 4.74 Å². The number of carbonyl (C=O) groups is 2. The lowest BCUT2D eigenvalue weighted by atomic mass is 10.2. The van der Waals surface area contributed by atoms with Crippen molar-refractivity contribution in [3.05, 3.63) is 54.1 Å². The second-order valence-corrected chi connectivity index (χ2v) is 6.39. The van der Waals surface area contributed by atoms with Gasteiger partial charge in [-0.3, -0.25) is 4.79 Å². The maximum Gasteiger partial charge on any atom is 0.234 e. The van der Waals surface area contributed by atoms with Gasteiger partial charge in [-0.1, -0.05) is 42.1 Å². The van der Waals surface area contributed by atoms with E-state index in [1.165, 1.54) is 16.8 Å². The van der Waals surface area contributed by atoms with Gasteiger partial charge in [-0.05, 0) is 35.5 Å². The van der Waals surface area contributed by atoms with E-state index in [1.807, 2.05) is 25.1 Å². The molecule has 0 saturated carbocycles. The Morgan fingerprint density at radius 2 is 1.93 bits per heavy atom. The van der Waals surface area contributed by atoms with Crippen LogP contribution < -0.4 is 15.2 Å². The van der Waals surface area contributed by atoms with Crippen molar-refractivity contribution in [3.63, 3.8) is 0 Å². The zero-order chi connectivity index (χ0) is 19.9. The van der Waals surface area contributed by atoms with Gasteiger partial charge in [-0.2, -0.15) is 4.68 Å². The largest absolute Gasteiger partial charge is 0.545 e. The number of ether oxygens (including phenoxy) is 1. The number of hydrogen-bond acceptors (Lipinski definition) is 8. The first kappa shape index (κ1) is 19.4. The van der Waals surface area contributed by atoms with E-state index in [9.17, 15) is 14.7 Å². The molecule has 1 N–H and O–H groups in total. The van der Waals surface area contributed by atoms with E-state index in [0.29, 0.717) is 23.2 Å². The zero-order valence-electron chi connectivity index (χ0n) is 14.9. The monoisotopic (exact) mass is 398 g/mol. The number of benzene rings is 2. The van der Waals surface area contributed by atoms with Crippen molar-refractivity contribution < 1.29 is 19.4 Å². The van der Waals surface area contributed by atoms with Gasteiger partial charge in [0.1, 0.15) is 11.4 Å². The van der Waals surface area contributed by atoms with Crippen LogP contribution in [0, 0.1) is 0 Å². The lowest BCUT2D eigenvalue weighted by Gasteiger charge is -2.12. The number of para-hydroxylation sites is 3. The topological polar surface area (TPSA) is 122 Å². The summed E-state index contributed by atoms with van der Waals surface area (Å²) in [5, 5.41) is 25.7. The Morgan fingerprint density at radius 3 is 2.71 bits per heavy atom. The van der Waals surface area contributed by atoms with Gasteiger partial charge in [0.2, 0.25) is 11.1 Å². The Labute approximate surface area is 164 Å². The van der Waals surface area contributed by atoms with E-state index in [2.05, 4.69) is 20.8 Å². The van der Waals surface area contributed by atoms with Crippen molar-refractivity contribution in [1.82, 2.24) is 20.2 Å². The number of rotatable bonds is 8. The normalized spacial score (nSPS) is 10.5. The number of carbonyl (C=O) groups excluding carboxylic acids is 2. The molecule has 2 aromatic carbocycles. The number of anilines is 1. The summed E-state index contributed by atoms with van der Waals surface area (Å²) >= 11 is 1.11. The van der Waals surface area contributed by atoms with Gasteiger partial charge < -0.3 is 20.0 Å². The Hall–Kier alpha value is -3.40. The molecule has 0 aliphatic heterocycles. The minimum Gasteiger partial charge on any atom is -0.545 e. The number of carboxylic acid groups (broad SMARTS) is 1. The number of aromatic nitrogens is 4. The number of aromatic carboxylic acids is 1. The molecule has 1 amide bonds. The Kier molecular flexibility index (Phi) is 6.22.